The third-order valence-electron chi connectivity index (χ3n) is 1.09. The molecular weight excluding hydrogens is 158 g/mol. The molecule has 0 saturated heterocycles. The summed E-state index contributed by atoms with van der Waals surface area (Å²) < 4.78 is 0. The Bertz CT molecular complexity index is 129. The van der Waals surface area contributed by atoms with Gasteiger partial charge >= 0.3 is 0 Å². The van der Waals surface area contributed by atoms with Crippen molar-refractivity contribution in [3.63, 3.8) is 0 Å². The first-order valence-electron chi connectivity index (χ1n) is 3.71. The molecule has 0 aromatic rings. The molecule has 0 saturated carbocycles. The molecule has 0 heterocycles. The summed E-state index contributed by atoms with van der Waals surface area (Å²) in [6, 6.07) is 0. The Morgan fingerprint density at radius 1 is 1.45 bits per heavy atom. The third kappa shape index (κ3) is 7.72. The lowest BCUT2D eigenvalue weighted by atomic mass is 9.97. The van der Waals surface area contributed by atoms with Crippen molar-refractivity contribution >= 4 is 17.7 Å². The molecule has 0 aromatic heterocycles. The highest BCUT2D eigenvalue weighted by Gasteiger charge is 2.10. The van der Waals surface area contributed by atoms with Gasteiger partial charge in [0.1, 0.15) is 0 Å². The van der Waals surface area contributed by atoms with Gasteiger partial charge in [0.25, 0.3) is 0 Å². The van der Waals surface area contributed by atoms with Gasteiger partial charge in [0.05, 0.1) is 5.75 Å². The van der Waals surface area contributed by atoms with E-state index in [1.807, 2.05) is 6.26 Å². The van der Waals surface area contributed by atoms with Gasteiger partial charge in [-0.2, -0.15) is 11.8 Å². The van der Waals surface area contributed by atoms with Gasteiger partial charge in [-0.3, -0.25) is 4.79 Å². The van der Waals surface area contributed by atoms with Gasteiger partial charge in [0, 0.05) is 6.54 Å². The molecule has 0 spiro atoms. The summed E-state index contributed by atoms with van der Waals surface area (Å²) >= 11 is 1.55. The topological polar surface area (TPSA) is 29.1 Å². The molecule has 3 heteroatoms. The first-order valence-corrected chi connectivity index (χ1v) is 5.11. The Hall–Kier alpha value is -0.180. The molecule has 0 fully saturated rings. The highest BCUT2D eigenvalue weighted by atomic mass is 32.2. The Morgan fingerprint density at radius 3 is 2.36 bits per heavy atom. The van der Waals surface area contributed by atoms with E-state index in [0.29, 0.717) is 5.75 Å². The van der Waals surface area contributed by atoms with E-state index in [4.69, 9.17) is 0 Å². The molecule has 0 atom stereocenters. The molecule has 0 bridgehead atoms. The average molecular weight is 175 g/mol. The van der Waals surface area contributed by atoms with Crippen molar-refractivity contribution in [3.05, 3.63) is 0 Å². The largest absolute Gasteiger partial charge is 0.355 e. The minimum atomic E-state index is 0.132. The van der Waals surface area contributed by atoms with Crippen LogP contribution in [-0.2, 0) is 4.79 Å². The molecule has 66 valence electrons. The van der Waals surface area contributed by atoms with Crippen LogP contribution in [0.1, 0.15) is 20.8 Å². The van der Waals surface area contributed by atoms with Crippen molar-refractivity contribution in [2.75, 3.05) is 18.6 Å². The monoisotopic (exact) mass is 175 g/mol. The second-order valence-electron chi connectivity index (χ2n) is 3.77. The lowest BCUT2D eigenvalue weighted by molar-refractivity contribution is -0.118. The van der Waals surface area contributed by atoms with Crippen molar-refractivity contribution in [2.24, 2.45) is 5.41 Å². The molecule has 0 rings (SSSR count). The lowest BCUT2D eigenvalue weighted by Gasteiger charge is -2.18. The molecule has 0 radical (unpaired) electrons. The number of hydrogen-bond donors (Lipinski definition) is 1. The van der Waals surface area contributed by atoms with Crippen molar-refractivity contribution < 1.29 is 4.79 Å². The minimum absolute atomic E-state index is 0.132. The molecule has 1 amide bonds. The normalized spacial score (nSPS) is 11.3. The van der Waals surface area contributed by atoms with Crippen LogP contribution in [0.3, 0.4) is 0 Å². The van der Waals surface area contributed by atoms with Crippen LogP contribution in [0.4, 0.5) is 0 Å². The second-order valence-corrected chi connectivity index (χ2v) is 4.64. The summed E-state index contributed by atoms with van der Waals surface area (Å²) in [7, 11) is 0. The molecular formula is C8H17NOS. The summed E-state index contributed by atoms with van der Waals surface area (Å²) in [6.45, 7) is 7.07. The van der Waals surface area contributed by atoms with Crippen LogP contribution in [0.25, 0.3) is 0 Å². The first kappa shape index (κ1) is 10.8. The first-order chi connectivity index (χ1) is 4.95. The van der Waals surface area contributed by atoms with Crippen LogP contribution in [0.15, 0.2) is 0 Å². The maximum Gasteiger partial charge on any atom is 0.230 e. The maximum absolute atomic E-state index is 11.0. The molecule has 0 aliphatic rings. The van der Waals surface area contributed by atoms with Crippen molar-refractivity contribution in [2.45, 2.75) is 20.8 Å². The number of amides is 1. The SMILES string of the molecule is CSCC(=O)NCC(C)(C)C. The third-order valence-corrected chi connectivity index (χ3v) is 1.64. The van der Waals surface area contributed by atoms with Crippen molar-refractivity contribution in [3.8, 4) is 0 Å². The zero-order valence-electron chi connectivity index (χ0n) is 7.73. The highest BCUT2D eigenvalue weighted by molar-refractivity contribution is 7.99. The lowest BCUT2D eigenvalue weighted by Crippen LogP contribution is -2.33. The zero-order chi connectivity index (χ0) is 8.91. The quantitative estimate of drug-likeness (QED) is 0.704. The Morgan fingerprint density at radius 2 is 2.00 bits per heavy atom. The number of nitrogens with one attached hydrogen (secondary N) is 1. The number of thioether (sulfide) groups is 1. The van der Waals surface area contributed by atoms with Crippen molar-refractivity contribution in [1.29, 1.82) is 0 Å². The fourth-order valence-electron chi connectivity index (χ4n) is 0.546. The van der Waals surface area contributed by atoms with Gasteiger partial charge in [-0.25, -0.2) is 0 Å². The van der Waals surface area contributed by atoms with Crippen LogP contribution in [0.5, 0.6) is 0 Å². The van der Waals surface area contributed by atoms with Gasteiger partial charge in [0.15, 0.2) is 0 Å². The van der Waals surface area contributed by atoms with E-state index >= 15 is 0 Å². The molecule has 1 N–H and O–H groups in total. The van der Waals surface area contributed by atoms with E-state index in [9.17, 15) is 4.79 Å². The second kappa shape index (κ2) is 4.65. The molecule has 0 aliphatic carbocycles. The van der Waals surface area contributed by atoms with Crippen LogP contribution >= 0.6 is 11.8 Å². The molecule has 0 unspecified atom stereocenters. The number of carbonyl (C=O) groups is 1. The zero-order valence-corrected chi connectivity index (χ0v) is 8.55. The highest BCUT2D eigenvalue weighted by Crippen LogP contribution is 2.10. The van der Waals surface area contributed by atoms with E-state index in [0.717, 1.165) is 6.54 Å². The summed E-state index contributed by atoms with van der Waals surface area (Å²) in [5.41, 5.74) is 0.189. The maximum atomic E-state index is 11.0. The van der Waals surface area contributed by atoms with Crippen LogP contribution in [-0.4, -0.2) is 24.5 Å². The van der Waals surface area contributed by atoms with E-state index in [1.165, 1.54) is 0 Å². The Kier molecular flexibility index (Phi) is 4.57. The number of rotatable bonds is 3. The van der Waals surface area contributed by atoms with Crippen LogP contribution in [0, 0.1) is 5.41 Å². The van der Waals surface area contributed by atoms with Crippen LogP contribution in [0.2, 0.25) is 0 Å². The fourth-order valence-corrected chi connectivity index (χ4v) is 0.910. The van der Waals surface area contributed by atoms with E-state index in [1.54, 1.807) is 11.8 Å². The van der Waals surface area contributed by atoms with Gasteiger partial charge < -0.3 is 5.32 Å². The fraction of sp³-hybridized carbons (Fsp3) is 0.875. The predicted molar refractivity (Wildman–Crippen MR) is 50.8 cm³/mol. The Labute approximate surface area is 73.1 Å². The summed E-state index contributed by atoms with van der Waals surface area (Å²) in [4.78, 5) is 11.0. The van der Waals surface area contributed by atoms with E-state index in [2.05, 4.69) is 26.1 Å². The molecule has 11 heavy (non-hydrogen) atoms. The molecule has 2 nitrogen and oxygen atoms in total. The number of hydrogen-bond acceptors (Lipinski definition) is 2. The minimum Gasteiger partial charge on any atom is -0.355 e. The van der Waals surface area contributed by atoms with Gasteiger partial charge in [-0.15, -0.1) is 0 Å². The summed E-state index contributed by atoms with van der Waals surface area (Å²) in [5, 5.41) is 2.86. The van der Waals surface area contributed by atoms with E-state index < -0.39 is 0 Å². The Balaban J connectivity index is 3.46. The molecule has 0 aliphatic heterocycles. The van der Waals surface area contributed by atoms with Crippen LogP contribution < -0.4 is 5.32 Å². The van der Waals surface area contributed by atoms with Gasteiger partial charge in [-0.1, -0.05) is 20.8 Å². The summed E-state index contributed by atoms with van der Waals surface area (Å²) in [6.07, 6.45) is 1.93. The van der Waals surface area contributed by atoms with Gasteiger partial charge in [-0.05, 0) is 11.7 Å². The summed E-state index contributed by atoms with van der Waals surface area (Å²) in [5.74, 6) is 0.697. The van der Waals surface area contributed by atoms with Gasteiger partial charge in [0.2, 0.25) is 5.91 Å². The average Bonchev–Trinajstić information content (AvgIpc) is 1.83. The standard InChI is InChI=1S/C8H17NOS/c1-8(2,3)6-9-7(10)5-11-4/h5-6H2,1-4H3,(H,9,10). The number of carbonyl (C=O) groups excluding carboxylic acids is 1. The van der Waals surface area contributed by atoms with E-state index in [-0.39, 0.29) is 11.3 Å². The smallest absolute Gasteiger partial charge is 0.230 e. The molecule has 0 aromatic carbocycles. The predicted octanol–water partition coefficient (Wildman–Crippen LogP) is 1.51. The van der Waals surface area contributed by atoms with Crippen molar-refractivity contribution in [1.82, 2.24) is 5.32 Å².